The maximum Gasteiger partial charge on any atom is 0.155 e. The maximum absolute atomic E-state index is 12.2. The molecule has 7 atom stereocenters. The predicted molar refractivity (Wildman–Crippen MR) is 85.8 cm³/mol. The van der Waals surface area contributed by atoms with Crippen LogP contribution in [0.5, 0.6) is 0 Å². The second-order valence-electron chi connectivity index (χ2n) is 8.97. The van der Waals surface area contributed by atoms with Gasteiger partial charge in [-0.25, -0.2) is 0 Å². The van der Waals surface area contributed by atoms with Crippen molar-refractivity contribution in [1.82, 2.24) is 0 Å². The average molecular weight is 314 g/mol. The van der Waals surface area contributed by atoms with Crippen molar-refractivity contribution >= 4 is 11.6 Å². The Hall–Kier alpha value is -0.960. The van der Waals surface area contributed by atoms with Crippen LogP contribution in [-0.4, -0.2) is 23.3 Å². The first-order chi connectivity index (χ1) is 11.0. The third-order valence-electron chi connectivity index (χ3n) is 8.19. The van der Waals surface area contributed by atoms with Gasteiger partial charge in [-0.1, -0.05) is 6.92 Å². The summed E-state index contributed by atoms with van der Waals surface area (Å²) in [4.78, 5) is 24.0. The van der Waals surface area contributed by atoms with Gasteiger partial charge in [0, 0.05) is 18.3 Å². The van der Waals surface area contributed by atoms with E-state index >= 15 is 0 Å². The fourth-order valence-electron chi connectivity index (χ4n) is 7.41. The number of carbonyl (C=O) groups is 2. The topological polar surface area (TPSA) is 43.4 Å². The molecule has 0 aromatic carbocycles. The highest BCUT2D eigenvalue weighted by Crippen LogP contribution is 2.70. The Balaban J connectivity index is 1.53. The van der Waals surface area contributed by atoms with E-state index in [-0.39, 0.29) is 22.7 Å². The van der Waals surface area contributed by atoms with Gasteiger partial charge >= 0.3 is 0 Å². The van der Waals surface area contributed by atoms with Crippen molar-refractivity contribution in [3.8, 4) is 0 Å². The highest BCUT2D eigenvalue weighted by Gasteiger charge is 2.70. The fourth-order valence-corrected chi connectivity index (χ4v) is 7.41. The summed E-state index contributed by atoms with van der Waals surface area (Å²) in [6, 6.07) is 0. The average Bonchev–Trinajstić information content (AvgIpc) is 2.82. The zero-order chi connectivity index (χ0) is 16.0. The molecule has 1 aliphatic heterocycles. The molecule has 23 heavy (non-hydrogen) atoms. The van der Waals surface area contributed by atoms with Gasteiger partial charge in [0.1, 0.15) is 5.78 Å². The molecule has 5 rings (SSSR count). The molecule has 3 heteroatoms. The summed E-state index contributed by atoms with van der Waals surface area (Å²) >= 11 is 0. The van der Waals surface area contributed by atoms with Crippen molar-refractivity contribution in [3.05, 3.63) is 11.6 Å². The van der Waals surface area contributed by atoms with Gasteiger partial charge in [-0.3, -0.25) is 9.59 Å². The first kappa shape index (κ1) is 14.4. The smallest absolute Gasteiger partial charge is 0.155 e. The number of ether oxygens (including phenoxy) is 1. The molecule has 6 unspecified atom stereocenters. The van der Waals surface area contributed by atoms with E-state index in [0.29, 0.717) is 36.1 Å². The van der Waals surface area contributed by atoms with Gasteiger partial charge < -0.3 is 4.74 Å². The van der Waals surface area contributed by atoms with Crippen LogP contribution in [-0.2, 0) is 14.3 Å². The lowest BCUT2D eigenvalue weighted by Gasteiger charge is -2.68. The van der Waals surface area contributed by atoms with Gasteiger partial charge in [-0.2, -0.15) is 0 Å². The van der Waals surface area contributed by atoms with E-state index in [0.717, 1.165) is 25.7 Å². The second-order valence-corrected chi connectivity index (χ2v) is 8.97. The zero-order valence-corrected chi connectivity index (χ0v) is 14.1. The van der Waals surface area contributed by atoms with Crippen molar-refractivity contribution in [3.63, 3.8) is 0 Å². The molecule has 4 aliphatic carbocycles. The molecule has 1 saturated heterocycles. The van der Waals surface area contributed by atoms with E-state index in [2.05, 4.69) is 6.92 Å². The van der Waals surface area contributed by atoms with E-state index in [9.17, 15) is 9.59 Å². The lowest BCUT2D eigenvalue weighted by Crippen LogP contribution is -2.71. The van der Waals surface area contributed by atoms with E-state index in [1.165, 1.54) is 18.4 Å². The van der Waals surface area contributed by atoms with Crippen LogP contribution >= 0.6 is 0 Å². The minimum Gasteiger partial charge on any atom is -0.367 e. The molecular weight excluding hydrogens is 288 g/mol. The van der Waals surface area contributed by atoms with Crippen LogP contribution in [0.3, 0.4) is 0 Å². The Labute approximate surface area is 137 Å². The Morgan fingerprint density at radius 3 is 2.87 bits per heavy atom. The standard InChI is InChI=1S/C20H26O3/c1-11(21)15-5-6-16-14-4-3-12-9-13(22)7-8-20(12)18(14)17(23-20)10-19(15,16)2/h9,14-18H,3-8,10H2,1-2H3/t14?,15-,16?,17?,18?,19?,20?/m1/s1. The zero-order valence-electron chi connectivity index (χ0n) is 14.1. The molecule has 0 amide bonds. The summed E-state index contributed by atoms with van der Waals surface area (Å²) in [5, 5.41) is 0. The number of hydrogen-bond donors (Lipinski definition) is 0. The van der Waals surface area contributed by atoms with Crippen molar-refractivity contribution in [2.75, 3.05) is 0 Å². The first-order valence-electron chi connectivity index (χ1n) is 9.38. The summed E-state index contributed by atoms with van der Waals surface area (Å²) in [6.45, 7) is 4.14. The van der Waals surface area contributed by atoms with E-state index < -0.39 is 0 Å². The molecule has 4 fully saturated rings. The van der Waals surface area contributed by atoms with Gasteiger partial charge in [0.05, 0.1) is 11.7 Å². The summed E-state index contributed by atoms with van der Waals surface area (Å²) in [6.07, 6.45) is 9.31. The van der Waals surface area contributed by atoms with Gasteiger partial charge in [0.25, 0.3) is 0 Å². The number of Topliss-reactive ketones (excluding diaryl/α,β-unsaturated/α-hetero) is 1. The minimum atomic E-state index is -0.100. The maximum atomic E-state index is 12.2. The largest absolute Gasteiger partial charge is 0.367 e. The molecule has 0 N–H and O–H groups in total. The van der Waals surface area contributed by atoms with Crippen LogP contribution in [0.25, 0.3) is 0 Å². The van der Waals surface area contributed by atoms with Crippen molar-refractivity contribution in [1.29, 1.82) is 0 Å². The molecule has 0 bridgehead atoms. The molecule has 3 nitrogen and oxygen atoms in total. The minimum absolute atomic E-state index is 0.100. The number of rotatable bonds is 1. The quantitative estimate of drug-likeness (QED) is 0.744. The van der Waals surface area contributed by atoms with Gasteiger partial charge in [-0.15, -0.1) is 0 Å². The Kier molecular flexibility index (Phi) is 2.73. The van der Waals surface area contributed by atoms with Gasteiger partial charge in [-0.05, 0) is 74.3 Å². The fraction of sp³-hybridized carbons (Fsp3) is 0.800. The van der Waals surface area contributed by atoms with Gasteiger partial charge in [0.15, 0.2) is 5.78 Å². The molecule has 124 valence electrons. The summed E-state index contributed by atoms with van der Waals surface area (Å²) in [5.41, 5.74) is 1.33. The van der Waals surface area contributed by atoms with Crippen LogP contribution in [0, 0.1) is 29.1 Å². The Morgan fingerprint density at radius 1 is 1.26 bits per heavy atom. The molecule has 5 aliphatic rings. The molecule has 3 saturated carbocycles. The highest BCUT2D eigenvalue weighted by molar-refractivity contribution is 5.92. The third kappa shape index (κ3) is 1.60. The lowest BCUT2D eigenvalue weighted by atomic mass is 9.46. The molecule has 1 spiro atoms. The first-order valence-corrected chi connectivity index (χ1v) is 9.38. The van der Waals surface area contributed by atoms with E-state index in [1.807, 2.05) is 6.08 Å². The molecular formula is C20H26O3. The Morgan fingerprint density at radius 2 is 2.09 bits per heavy atom. The summed E-state index contributed by atoms with van der Waals surface area (Å²) < 4.78 is 6.52. The summed E-state index contributed by atoms with van der Waals surface area (Å²) in [7, 11) is 0. The molecule has 0 aromatic heterocycles. The SMILES string of the molecule is CC(=O)[C@H]1CCC2C3CCC4=CC(=O)CCC45OC(CC21C)C35. The number of hydrogen-bond acceptors (Lipinski definition) is 3. The number of fused-ring (bicyclic) bond motifs is 2. The van der Waals surface area contributed by atoms with Crippen LogP contribution in [0.15, 0.2) is 11.6 Å². The van der Waals surface area contributed by atoms with Crippen LogP contribution in [0.1, 0.15) is 58.8 Å². The number of ketones is 2. The monoisotopic (exact) mass is 314 g/mol. The molecule has 0 radical (unpaired) electrons. The van der Waals surface area contributed by atoms with Crippen molar-refractivity contribution in [2.24, 2.45) is 29.1 Å². The van der Waals surface area contributed by atoms with E-state index in [1.54, 1.807) is 6.92 Å². The number of carbonyl (C=O) groups excluding carboxylic acids is 2. The van der Waals surface area contributed by atoms with Crippen LogP contribution in [0.2, 0.25) is 0 Å². The normalized spacial score (nSPS) is 53.6. The van der Waals surface area contributed by atoms with Crippen LogP contribution in [0.4, 0.5) is 0 Å². The highest BCUT2D eigenvalue weighted by atomic mass is 16.5. The van der Waals surface area contributed by atoms with E-state index in [4.69, 9.17) is 4.74 Å². The third-order valence-corrected chi connectivity index (χ3v) is 8.19. The molecule has 0 aromatic rings. The molecule has 1 heterocycles. The predicted octanol–water partition coefficient (Wildman–Crippen LogP) is 3.46. The Bertz CT molecular complexity index is 635. The van der Waals surface area contributed by atoms with Gasteiger partial charge in [0.2, 0.25) is 0 Å². The lowest BCUT2D eigenvalue weighted by molar-refractivity contribution is -0.310. The van der Waals surface area contributed by atoms with Crippen molar-refractivity contribution < 1.29 is 14.3 Å². The van der Waals surface area contributed by atoms with Crippen LogP contribution < -0.4 is 0 Å². The summed E-state index contributed by atoms with van der Waals surface area (Å²) in [5.74, 6) is 2.88. The van der Waals surface area contributed by atoms with Crippen molar-refractivity contribution in [2.45, 2.75) is 70.5 Å². The second kappa shape index (κ2) is 4.36.